The number of hydrogen-bond donors (Lipinski definition) is 1. The van der Waals surface area contributed by atoms with Crippen molar-refractivity contribution in [2.75, 3.05) is 19.6 Å². The Hall–Kier alpha value is -2.58. The van der Waals surface area contributed by atoms with Crippen molar-refractivity contribution >= 4 is 11.8 Å². The highest BCUT2D eigenvalue weighted by Crippen LogP contribution is 2.29. The molecule has 1 aromatic heterocycles. The molecular weight excluding hydrogens is 327 g/mol. The summed E-state index contributed by atoms with van der Waals surface area (Å²) < 4.78 is 39.8. The highest BCUT2D eigenvalue weighted by molar-refractivity contribution is 5.92. The van der Waals surface area contributed by atoms with Gasteiger partial charge >= 0.3 is 6.36 Å². The minimum atomic E-state index is -4.81. The van der Waals surface area contributed by atoms with Crippen LogP contribution in [-0.4, -0.2) is 47.7 Å². The number of aromatic nitrogens is 1. The van der Waals surface area contributed by atoms with Crippen LogP contribution in [0.4, 0.5) is 13.2 Å². The topological polar surface area (TPSA) is 71.5 Å². The van der Waals surface area contributed by atoms with Gasteiger partial charge in [0.05, 0.1) is 6.20 Å². The zero-order valence-electron chi connectivity index (χ0n) is 12.9. The van der Waals surface area contributed by atoms with Crippen molar-refractivity contribution in [2.45, 2.75) is 13.3 Å². The molecule has 1 aromatic rings. The number of carbonyl (C=O) groups excluding carboxylic acids is 2. The number of pyridine rings is 1. The Labute approximate surface area is 136 Å². The van der Waals surface area contributed by atoms with Crippen LogP contribution in [0.25, 0.3) is 0 Å². The number of nitrogens with zero attached hydrogens (tertiary/aromatic N) is 2. The Morgan fingerprint density at radius 3 is 2.62 bits per heavy atom. The number of amides is 2. The van der Waals surface area contributed by atoms with E-state index in [0.29, 0.717) is 19.6 Å². The Kier molecular flexibility index (Phi) is 4.81. The van der Waals surface area contributed by atoms with Crippen LogP contribution in [0.3, 0.4) is 0 Å². The van der Waals surface area contributed by atoms with Crippen LogP contribution < -0.4 is 10.1 Å². The smallest absolute Gasteiger partial charge is 0.404 e. The van der Waals surface area contributed by atoms with Gasteiger partial charge in [0.15, 0.2) is 0 Å². The number of carbonyl (C=O) groups is 2. The molecule has 1 aliphatic rings. The molecule has 2 amide bonds. The Morgan fingerprint density at radius 2 is 2.12 bits per heavy atom. The highest BCUT2D eigenvalue weighted by Gasteiger charge is 2.40. The van der Waals surface area contributed by atoms with Crippen LogP contribution in [0.2, 0.25) is 0 Å². The van der Waals surface area contributed by atoms with Gasteiger partial charge in [0.1, 0.15) is 11.4 Å². The first-order valence-electron chi connectivity index (χ1n) is 7.03. The number of likely N-dealkylation sites (tertiary alicyclic amines) is 1. The second-order valence-corrected chi connectivity index (χ2v) is 5.82. The van der Waals surface area contributed by atoms with Crippen LogP contribution in [0.5, 0.6) is 5.75 Å². The second kappa shape index (κ2) is 6.50. The predicted molar refractivity (Wildman–Crippen MR) is 78.1 cm³/mol. The molecule has 130 valence electrons. The number of alkyl halides is 3. The molecule has 1 aliphatic heterocycles. The number of hydrogen-bond acceptors (Lipinski definition) is 4. The van der Waals surface area contributed by atoms with Crippen molar-refractivity contribution in [3.63, 3.8) is 0 Å². The first-order chi connectivity index (χ1) is 11.1. The molecule has 2 rings (SSSR count). The average molecular weight is 343 g/mol. The lowest BCUT2D eigenvalue weighted by Crippen LogP contribution is -2.60. The van der Waals surface area contributed by atoms with Gasteiger partial charge in [0.25, 0.3) is 5.91 Å². The average Bonchev–Trinajstić information content (AvgIpc) is 2.48. The fourth-order valence-corrected chi connectivity index (χ4v) is 2.36. The van der Waals surface area contributed by atoms with E-state index in [1.165, 1.54) is 6.08 Å². The highest BCUT2D eigenvalue weighted by atomic mass is 19.4. The molecule has 6 nitrogen and oxygen atoms in total. The first kappa shape index (κ1) is 17.8. The van der Waals surface area contributed by atoms with Crippen molar-refractivity contribution in [2.24, 2.45) is 5.41 Å². The van der Waals surface area contributed by atoms with E-state index in [1.54, 1.807) is 4.90 Å². The summed E-state index contributed by atoms with van der Waals surface area (Å²) in [5.74, 6) is -1.17. The second-order valence-electron chi connectivity index (χ2n) is 5.82. The summed E-state index contributed by atoms with van der Waals surface area (Å²) >= 11 is 0. The largest absolute Gasteiger partial charge is 0.573 e. The number of ether oxygens (including phenoxy) is 1. The maximum Gasteiger partial charge on any atom is 0.573 e. The van der Waals surface area contributed by atoms with Gasteiger partial charge in [-0.25, -0.2) is 4.98 Å². The van der Waals surface area contributed by atoms with E-state index >= 15 is 0 Å². The van der Waals surface area contributed by atoms with Gasteiger partial charge in [-0.1, -0.05) is 13.5 Å². The number of rotatable bonds is 5. The van der Waals surface area contributed by atoms with E-state index in [1.807, 2.05) is 6.92 Å². The molecule has 0 atom stereocenters. The number of nitrogens with one attached hydrogen (secondary N) is 1. The standard InChI is InChI=1S/C15H16F3N3O3/c1-3-12(22)21-8-14(2,9-21)7-20-13(23)11-5-4-10(6-19-11)24-15(16,17)18/h3-6H,1,7-9H2,2H3,(H,20,23). The molecule has 2 heterocycles. The lowest BCUT2D eigenvalue weighted by Gasteiger charge is -2.47. The van der Waals surface area contributed by atoms with Gasteiger partial charge in [-0.05, 0) is 18.2 Å². The van der Waals surface area contributed by atoms with Crippen molar-refractivity contribution in [1.29, 1.82) is 0 Å². The molecule has 0 spiro atoms. The van der Waals surface area contributed by atoms with Crippen LogP contribution >= 0.6 is 0 Å². The minimum Gasteiger partial charge on any atom is -0.404 e. The number of halogens is 3. The monoisotopic (exact) mass is 343 g/mol. The van der Waals surface area contributed by atoms with E-state index in [9.17, 15) is 22.8 Å². The van der Waals surface area contributed by atoms with E-state index < -0.39 is 18.0 Å². The van der Waals surface area contributed by atoms with Crippen LogP contribution in [0, 0.1) is 5.41 Å². The van der Waals surface area contributed by atoms with Crippen molar-refractivity contribution in [3.05, 3.63) is 36.7 Å². The zero-order chi connectivity index (χ0) is 18.0. The fraction of sp³-hybridized carbons (Fsp3) is 0.400. The third-order valence-corrected chi connectivity index (χ3v) is 3.51. The molecule has 0 radical (unpaired) electrons. The zero-order valence-corrected chi connectivity index (χ0v) is 12.9. The Bertz CT molecular complexity index is 638. The van der Waals surface area contributed by atoms with Gasteiger partial charge in [-0.2, -0.15) is 0 Å². The van der Waals surface area contributed by atoms with Gasteiger partial charge < -0.3 is 15.0 Å². The van der Waals surface area contributed by atoms with E-state index in [-0.39, 0.29) is 17.0 Å². The maximum absolute atomic E-state index is 12.0. The van der Waals surface area contributed by atoms with E-state index in [0.717, 1.165) is 18.3 Å². The molecule has 0 aliphatic carbocycles. The molecular formula is C15H16F3N3O3. The summed E-state index contributed by atoms with van der Waals surface area (Å²) in [4.78, 5) is 28.6. The summed E-state index contributed by atoms with van der Waals surface area (Å²) in [5.41, 5.74) is -0.278. The summed E-state index contributed by atoms with van der Waals surface area (Å²) in [7, 11) is 0. The molecule has 0 aromatic carbocycles. The van der Waals surface area contributed by atoms with Crippen molar-refractivity contribution < 1.29 is 27.5 Å². The molecule has 1 fully saturated rings. The quantitative estimate of drug-likeness (QED) is 0.827. The Morgan fingerprint density at radius 1 is 1.46 bits per heavy atom. The molecule has 0 bridgehead atoms. The predicted octanol–water partition coefficient (Wildman–Crippen LogP) is 1.74. The summed E-state index contributed by atoms with van der Waals surface area (Å²) in [6.07, 6.45) is -2.75. The molecule has 24 heavy (non-hydrogen) atoms. The van der Waals surface area contributed by atoms with Gasteiger partial charge in [0.2, 0.25) is 5.91 Å². The Balaban J connectivity index is 1.85. The summed E-state index contributed by atoms with van der Waals surface area (Å²) in [6, 6.07) is 2.16. The summed E-state index contributed by atoms with van der Waals surface area (Å²) in [5, 5.41) is 2.66. The molecule has 1 saturated heterocycles. The summed E-state index contributed by atoms with van der Waals surface area (Å²) in [6.45, 7) is 6.61. The van der Waals surface area contributed by atoms with Crippen LogP contribution in [0.1, 0.15) is 17.4 Å². The van der Waals surface area contributed by atoms with Crippen molar-refractivity contribution in [1.82, 2.24) is 15.2 Å². The van der Waals surface area contributed by atoms with Gasteiger partial charge in [0, 0.05) is 25.0 Å². The van der Waals surface area contributed by atoms with Crippen molar-refractivity contribution in [3.8, 4) is 5.75 Å². The minimum absolute atomic E-state index is 0.0218. The third-order valence-electron chi connectivity index (χ3n) is 3.51. The van der Waals surface area contributed by atoms with Crippen LogP contribution in [-0.2, 0) is 4.79 Å². The fourth-order valence-electron chi connectivity index (χ4n) is 2.36. The third kappa shape index (κ3) is 4.46. The molecule has 1 N–H and O–H groups in total. The SMILES string of the molecule is C=CC(=O)N1CC(C)(CNC(=O)c2ccc(OC(F)(F)F)cn2)C1. The molecule has 0 saturated carbocycles. The lowest BCUT2D eigenvalue weighted by atomic mass is 9.81. The molecule has 0 unspecified atom stereocenters. The molecule has 9 heteroatoms. The van der Waals surface area contributed by atoms with E-state index in [2.05, 4.69) is 21.6 Å². The van der Waals surface area contributed by atoms with Crippen LogP contribution in [0.15, 0.2) is 31.0 Å². The first-order valence-corrected chi connectivity index (χ1v) is 7.03. The normalized spacial score (nSPS) is 16.1. The lowest BCUT2D eigenvalue weighted by molar-refractivity contribution is -0.274. The van der Waals surface area contributed by atoms with Gasteiger partial charge in [-0.15, -0.1) is 13.2 Å². The van der Waals surface area contributed by atoms with E-state index in [4.69, 9.17) is 0 Å². The maximum atomic E-state index is 12.0. The van der Waals surface area contributed by atoms with Gasteiger partial charge in [-0.3, -0.25) is 9.59 Å².